The fourth-order valence-corrected chi connectivity index (χ4v) is 3.58. The van der Waals surface area contributed by atoms with Crippen molar-refractivity contribution in [2.45, 2.75) is 0 Å². The fraction of sp³-hybridized carbons (Fsp3) is 0.0476. The van der Waals surface area contributed by atoms with Gasteiger partial charge in [0.05, 0.1) is 28.8 Å². The summed E-state index contributed by atoms with van der Waals surface area (Å²) in [5.41, 5.74) is 2.30. The molecular formula is C21H15FN4O. The van der Waals surface area contributed by atoms with Gasteiger partial charge < -0.3 is 15.0 Å². The highest BCUT2D eigenvalue weighted by molar-refractivity contribution is 6.31. The molecule has 6 heteroatoms. The maximum atomic E-state index is 13.4. The first kappa shape index (κ1) is 15.6. The van der Waals surface area contributed by atoms with E-state index in [2.05, 4.69) is 9.97 Å². The number of aliphatic hydroxyl groups excluding tert-OH is 1. The Kier molecular flexibility index (Phi) is 3.27. The summed E-state index contributed by atoms with van der Waals surface area (Å²) in [6.45, 7) is 0.188. The minimum atomic E-state index is -0.366. The van der Waals surface area contributed by atoms with E-state index in [0.29, 0.717) is 22.4 Å². The number of imidazole rings is 1. The molecule has 1 aliphatic heterocycles. The summed E-state index contributed by atoms with van der Waals surface area (Å²) in [5.74, 6) is 0.214. The zero-order valence-corrected chi connectivity index (χ0v) is 14.2. The van der Waals surface area contributed by atoms with Gasteiger partial charge in [-0.3, -0.25) is 5.41 Å². The average Bonchev–Trinajstić information content (AvgIpc) is 3.20. The lowest BCUT2D eigenvalue weighted by molar-refractivity contribution is 0.411. The van der Waals surface area contributed by atoms with E-state index in [-0.39, 0.29) is 24.0 Å². The van der Waals surface area contributed by atoms with Crippen LogP contribution in [0.1, 0.15) is 5.82 Å². The van der Waals surface area contributed by atoms with Gasteiger partial charge in [-0.1, -0.05) is 36.4 Å². The van der Waals surface area contributed by atoms with E-state index in [1.165, 1.54) is 12.1 Å². The molecule has 5 nitrogen and oxygen atoms in total. The number of nitrogens with one attached hydrogen (secondary N) is 2. The SMILES string of the molecule is N=C1C(c2nc3ccc(F)cc3[nH]2)=C(O)CN1c1cccc2ccccc12. The van der Waals surface area contributed by atoms with Crippen LogP contribution in [0.4, 0.5) is 10.1 Å². The van der Waals surface area contributed by atoms with Crippen LogP contribution in [0.3, 0.4) is 0 Å². The number of anilines is 1. The molecular weight excluding hydrogens is 343 g/mol. The monoisotopic (exact) mass is 358 g/mol. The van der Waals surface area contributed by atoms with Crippen LogP contribution in [0.15, 0.2) is 66.4 Å². The molecule has 0 bridgehead atoms. The average molecular weight is 358 g/mol. The highest BCUT2D eigenvalue weighted by atomic mass is 19.1. The van der Waals surface area contributed by atoms with Gasteiger partial charge in [0.2, 0.25) is 0 Å². The van der Waals surface area contributed by atoms with Gasteiger partial charge in [0.15, 0.2) is 0 Å². The number of fused-ring (bicyclic) bond motifs is 2. The van der Waals surface area contributed by atoms with Crippen molar-refractivity contribution in [3.63, 3.8) is 0 Å². The van der Waals surface area contributed by atoms with E-state index >= 15 is 0 Å². The topological polar surface area (TPSA) is 76.0 Å². The van der Waals surface area contributed by atoms with Gasteiger partial charge in [-0.05, 0) is 29.7 Å². The number of rotatable bonds is 2. The van der Waals surface area contributed by atoms with Crippen molar-refractivity contribution in [3.05, 3.63) is 78.1 Å². The van der Waals surface area contributed by atoms with Gasteiger partial charge in [-0.25, -0.2) is 9.37 Å². The molecule has 0 saturated carbocycles. The van der Waals surface area contributed by atoms with Crippen molar-refractivity contribution >= 4 is 38.9 Å². The number of halogens is 1. The molecule has 2 heterocycles. The van der Waals surface area contributed by atoms with Gasteiger partial charge in [-0.2, -0.15) is 0 Å². The predicted octanol–water partition coefficient (Wildman–Crippen LogP) is 4.62. The molecule has 0 atom stereocenters. The van der Waals surface area contributed by atoms with E-state index in [1.807, 2.05) is 42.5 Å². The number of H-pyrrole nitrogens is 1. The Morgan fingerprint density at radius 2 is 1.89 bits per heavy atom. The van der Waals surface area contributed by atoms with Gasteiger partial charge in [-0.15, -0.1) is 0 Å². The molecule has 0 unspecified atom stereocenters. The second-order valence-corrected chi connectivity index (χ2v) is 6.50. The van der Waals surface area contributed by atoms with Crippen molar-refractivity contribution in [3.8, 4) is 0 Å². The van der Waals surface area contributed by atoms with Crippen LogP contribution in [-0.2, 0) is 0 Å². The first-order chi connectivity index (χ1) is 13.1. The molecule has 132 valence electrons. The maximum Gasteiger partial charge on any atom is 0.145 e. The Balaban J connectivity index is 1.59. The minimum absolute atomic E-state index is 0.0625. The van der Waals surface area contributed by atoms with Crippen LogP contribution in [0.5, 0.6) is 0 Å². The number of nitrogens with zero attached hydrogens (tertiary/aromatic N) is 2. The van der Waals surface area contributed by atoms with E-state index in [1.54, 1.807) is 11.0 Å². The number of aromatic amines is 1. The highest BCUT2D eigenvalue weighted by Gasteiger charge is 2.32. The number of hydrogen-bond acceptors (Lipinski definition) is 3. The summed E-state index contributed by atoms with van der Waals surface area (Å²) < 4.78 is 13.4. The number of aromatic nitrogens is 2. The predicted molar refractivity (Wildman–Crippen MR) is 105 cm³/mol. The smallest absolute Gasteiger partial charge is 0.145 e. The second-order valence-electron chi connectivity index (χ2n) is 6.50. The van der Waals surface area contributed by atoms with Gasteiger partial charge in [0, 0.05) is 5.39 Å². The lowest BCUT2D eigenvalue weighted by Gasteiger charge is -2.20. The van der Waals surface area contributed by atoms with Crippen molar-refractivity contribution in [2.24, 2.45) is 0 Å². The second kappa shape index (κ2) is 5.67. The third kappa shape index (κ3) is 2.38. The number of aliphatic hydroxyl groups is 1. The summed E-state index contributed by atoms with van der Waals surface area (Å²) in [7, 11) is 0. The lowest BCUT2D eigenvalue weighted by Crippen LogP contribution is -2.26. The molecule has 3 N–H and O–H groups in total. The zero-order valence-electron chi connectivity index (χ0n) is 14.2. The quantitative estimate of drug-likeness (QED) is 0.489. The van der Waals surface area contributed by atoms with Crippen LogP contribution in [0.25, 0.3) is 27.4 Å². The van der Waals surface area contributed by atoms with Gasteiger partial charge in [0.25, 0.3) is 0 Å². The van der Waals surface area contributed by atoms with Gasteiger partial charge in [0.1, 0.15) is 23.2 Å². The third-order valence-corrected chi connectivity index (χ3v) is 4.84. The molecule has 0 aliphatic carbocycles. The standard InChI is InChI=1S/C21H15FN4O/c22-13-8-9-15-16(10-13)25-21(24-15)19-18(27)11-26(20(19)23)17-7-3-5-12-4-1-2-6-14(12)17/h1-10,23,27H,11H2,(H,24,25). The molecule has 27 heavy (non-hydrogen) atoms. The molecule has 0 fully saturated rings. The van der Waals surface area contributed by atoms with E-state index < -0.39 is 0 Å². The van der Waals surface area contributed by atoms with Crippen molar-refractivity contribution in [2.75, 3.05) is 11.4 Å². The minimum Gasteiger partial charge on any atom is -0.509 e. The van der Waals surface area contributed by atoms with Crippen LogP contribution in [0.2, 0.25) is 0 Å². The summed E-state index contributed by atoms with van der Waals surface area (Å²) in [4.78, 5) is 9.18. The van der Waals surface area contributed by atoms with Gasteiger partial charge >= 0.3 is 0 Å². The molecule has 0 spiro atoms. The number of amidine groups is 1. The van der Waals surface area contributed by atoms with Crippen molar-refractivity contribution in [1.82, 2.24) is 9.97 Å². The van der Waals surface area contributed by atoms with Crippen LogP contribution < -0.4 is 4.90 Å². The Hall–Kier alpha value is -3.67. The Morgan fingerprint density at radius 3 is 2.78 bits per heavy atom. The Bertz CT molecular complexity index is 1250. The third-order valence-electron chi connectivity index (χ3n) is 4.84. The summed E-state index contributed by atoms with van der Waals surface area (Å²) >= 11 is 0. The normalized spacial score (nSPS) is 14.7. The lowest BCUT2D eigenvalue weighted by atomic mass is 10.1. The molecule has 1 aliphatic rings. The van der Waals surface area contributed by atoms with Crippen molar-refractivity contribution in [1.29, 1.82) is 5.41 Å². The zero-order chi connectivity index (χ0) is 18.5. The number of benzene rings is 3. The molecule has 0 saturated heterocycles. The number of hydrogen-bond donors (Lipinski definition) is 3. The van der Waals surface area contributed by atoms with Crippen LogP contribution in [0, 0.1) is 11.2 Å². The highest BCUT2D eigenvalue weighted by Crippen LogP contribution is 2.34. The molecule has 1 aromatic heterocycles. The maximum absolute atomic E-state index is 13.4. The fourth-order valence-electron chi connectivity index (χ4n) is 3.58. The van der Waals surface area contributed by atoms with Crippen molar-refractivity contribution < 1.29 is 9.50 Å². The Labute approximate surface area is 153 Å². The van der Waals surface area contributed by atoms with Crippen LogP contribution >= 0.6 is 0 Å². The van der Waals surface area contributed by atoms with E-state index in [9.17, 15) is 9.50 Å². The summed E-state index contributed by atoms with van der Waals surface area (Å²) in [6.07, 6.45) is 0. The van der Waals surface area contributed by atoms with E-state index in [0.717, 1.165) is 16.5 Å². The molecule has 0 amide bonds. The first-order valence-corrected chi connectivity index (χ1v) is 8.54. The van der Waals surface area contributed by atoms with E-state index in [4.69, 9.17) is 5.41 Å². The largest absolute Gasteiger partial charge is 0.509 e. The molecule has 3 aromatic carbocycles. The Morgan fingerprint density at radius 1 is 1.07 bits per heavy atom. The summed E-state index contributed by atoms with van der Waals surface area (Å²) in [6, 6.07) is 18.1. The summed E-state index contributed by atoms with van der Waals surface area (Å²) in [5, 5.41) is 21.3. The first-order valence-electron chi connectivity index (χ1n) is 8.54. The molecule has 4 aromatic rings. The molecule has 5 rings (SSSR count). The molecule has 0 radical (unpaired) electrons. The van der Waals surface area contributed by atoms with Crippen LogP contribution in [-0.4, -0.2) is 27.5 Å².